The van der Waals surface area contributed by atoms with Crippen LogP contribution >= 0.6 is 15.9 Å². The number of anilines is 1. The first-order valence-corrected chi connectivity index (χ1v) is 6.81. The van der Waals surface area contributed by atoms with Crippen LogP contribution in [0.3, 0.4) is 0 Å². The lowest BCUT2D eigenvalue weighted by molar-refractivity contribution is 0.122. The quantitative estimate of drug-likeness (QED) is 0.799. The van der Waals surface area contributed by atoms with E-state index in [2.05, 4.69) is 30.8 Å². The Bertz CT molecular complexity index is 342. The molecule has 1 aliphatic rings. The SMILES string of the molecule is CC.Cc1nc(N2CCOCC2)nc(C)c1Br. The van der Waals surface area contributed by atoms with Crippen molar-refractivity contribution in [3.8, 4) is 0 Å². The van der Waals surface area contributed by atoms with Crippen molar-refractivity contribution in [3.05, 3.63) is 15.9 Å². The third-order valence-corrected chi connectivity index (χ3v) is 3.61. The van der Waals surface area contributed by atoms with E-state index in [1.54, 1.807) is 0 Å². The van der Waals surface area contributed by atoms with Crippen LogP contribution in [0, 0.1) is 13.8 Å². The average molecular weight is 302 g/mol. The summed E-state index contributed by atoms with van der Waals surface area (Å²) in [6, 6.07) is 0. The number of rotatable bonds is 1. The molecular weight excluding hydrogens is 282 g/mol. The molecule has 1 aliphatic heterocycles. The van der Waals surface area contributed by atoms with Crippen LogP contribution in [0.15, 0.2) is 4.47 Å². The van der Waals surface area contributed by atoms with Gasteiger partial charge in [-0.25, -0.2) is 9.97 Å². The molecule has 0 radical (unpaired) electrons. The van der Waals surface area contributed by atoms with Gasteiger partial charge in [-0.15, -0.1) is 0 Å². The standard InChI is InChI=1S/C10H14BrN3O.C2H6/c1-7-9(11)8(2)13-10(12-7)14-3-5-15-6-4-14;1-2/h3-6H2,1-2H3;1-2H3. The summed E-state index contributed by atoms with van der Waals surface area (Å²) in [5.74, 6) is 0.816. The van der Waals surface area contributed by atoms with Gasteiger partial charge in [-0.05, 0) is 29.8 Å². The summed E-state index contributed by atoms with van der Waals surface area (Å²) < 4.78 is 6.30. The average Bonchev–Trinajstić information content (AvgIpc) is 2.39. The summed E-state index contributed by atoms with van der Waals surface area (Å²) in [5.41, 5.74) is 1.98. The Kier molecular flexibility index (Phi) is 5.85. The third kappa shape index (κ3) is 3.64. The minimum Gasteiger partial charge on any atom is -0.378 e. The smallest absolute Gasteiger partial charge is 0.225 e. The molecule has 4 nitrogen and oxygen atoms in total. The summed E-state index contributed by atoms with van der Waals surface area (Å²) in [6.07, 6.45) is 0. The number of nitrogens with zero attached hydrogens (tertiary/aromatic N) is 3. The van der Waals surface area contributed by atoms with Gasteiger partial charge >= 0.3 is 0 Å². The van der Waals surface area contributed by atoms with E-state index in [-0.39, 0.29) is 0 Å². The first kappa shape index (κ1) is 14.4. The monoisotopic (exact) mass is 301 g/mol. The summed E-state index contributed by atoms with van der Waals surface area (Å²) >= 11 is 3.47. The summed E-state index contributed by atoms with van der Waals surface area (Å²) in [6.45, 7) is 11.3. The summed E-state index contributed by atoms with van der Waals surface area (Å²) in [7, 11) is 0. The highest BCUT2D eigenvalue weighted by Gasteiger charge is 2.15. The second-order valence-electron chi connectivity index (χ2n) is 3.61. The van der Waals surface area contributed by atoms with Crippen LogP contribution < -0.4 is 4.90 Å². The number of hydrogen-bond donors (Lipinski definition) is 0. The molecule has 1 aromatic rings. The maximum Gasteiger partial charge on any atom is 0.225 e. The number of ether oxygens (including phenoxy) is 1. The molecule has 1 saturated heterocycles. The zero-order valence-electron chi connectivity index (χ0n) is 11.0. The predicted molar refractivity (Wildman–Crippen MR) is 73.6 cm³/mol. The lowest BCUT2D eigenvalue weighted by Crippen LogP contribution is -2.37. The molecule has 0 saturated carbocycles. The fourth-order valence-corrected chi connectivity index (χ4v) is 1.77. The molecule has 0 aliphatic carbocycles. The number of aryl methyl sites for hydroxylation is 2. The van der Waals surface area contributed by atoms with Gasteiger partial charge in [0.25, 0.3) is 0 Å². The lowest BCUT2D eigenvalue weighted by Gasteiger charge is -2.27. The molecule has 0 unspecified atom stereocenters. The highest BCUT2D eigenvalue weighted by Crippen LogP contribution is 2.20. The number of hydrogen-bond acceptors (Lipinski definition) is 4. The molecule has 0 bridgehead atoms. The van der Waals surface area contributed by atoms with Crippen LogP contribution in [0.1, 0.15) is 25.2 Å². The van der Waals surface area contributed by atoms with Crippen LogP contribution in [0.25, 0.3) is 0 Å². The van der Waals surface area contributed by atoms with E-state index in [9.17, 15) is 0 Å². The normalized spacial score (nSPS) is 15.2. The van der Waals surface area contributed by atoms with Crippen molar-refractivity contribution in [3.63, 3.8) is 0 Å². The number of aromatic nitrogens is 2. The van der Waals surface area contributed by atoms with E-state index in [4.69, 9.17) is 4.74 Å². The van der Waals surface area contributed by atoms with Crippen LogP contribution in [-0.2, 0) is 4.74 Å². The molecule has 2 rings (SSSR count). The maximum atomic E-state index is 5.30. The van der Waals surface area contributed by atoms with Crippen molar-refractivity contribution in [2.75, 3.05) is 31.2 Å². The van der Waals surface area contributed by atoms with Crippen LogP contribution in [0.4, 0.5) is 5.95 Å². The topological polar surface area (TPSA) is 38.2 Å². The minimum atomic E-state index is 0.761. The molecule has 2 heterocycles. The van der Waals surface area contributed by atoms with Gasteiger partial charge in [0.05, 0.1) is 29.1 Å². The van der Waals surface area contributed by atoms with Crippen molar-refractivity contribution >= 4 is 21.9 Å². The molecule has 0 N–H and O–H groups in total. The highest BCUT2D eigenvalue weighted by molar-refractivity contribution is 9.10. The fourth-order valence-electron chi connectivity index (χ4n) is 1.59. The van der Waals surface area contributed by atoms with Crippen molar-refractivity contribution in [1.29, 1.82) is 0 Å². The van der Waals surface area contributed by atoms with Crippen molar-refractivity contribution < 1.29 is 4.74 Å². The van der Waals surface area contributed by atoms with E-state index in [0.29, 0.717) is 0 Å². The second-order valence-corrected chi connectivity index (χ2v) is 4.40. The van der Waals surface area contributed by atoms with Crippen LogP contribution in [0.2, 0.25) is 0 Å². The Hall–Kier alpha value is -0.680. The first-order valence-electron chi connectivity index (χ1n) is 6.02. The molecule has 0 aromatic carbocycles. The fraction of sp³-hybridized carbons (Fsp3) is 0.667. The Morgan fingerprint density at radius 2 is 1.53 bits per heavy atom. The van der Waals surface area contributed by atoms with Crippen molar-refractivity contribution in [2.45, 2.75) is 27.7 Å². The number of morpholine rings is 1. The molecule has 17 heavy (non-hydrogen) atoms. The maximum absolute atomic E-state index is 5.30. The molecule has 0 atom stereocenters. The minimum absolute atomic E-state index is 0.761. The van der Waals surface area contributed by atoms with Gasteiger partial charge in [-0.1, -0.05) is 13.8 Å². The van der Waals surface area contributed by atoms with Gasteiger partial charge in [0.15, 0.2) is 0 Å². The predicted octanol–water partition coefficient (Wildman–Crippen LogP) is 2.72. The van der Waals surface area contributed by atoms with Crippen LogP contribution in [-0.4, -0.2) is 36.3 Å². The molecule has 5 heteroatoms. The lowest BCUT2D eigenvalue weighted by atomic mass is 10.3. The third-order valence-electron chi connectivity index (χ3n) is 2.46. The van der Waals surface area contributed by atoms with Gasteiger partial charge in [0, 0.05) is 13.1 Å². The zero-order valence-corrected chi connectivity index (χ0v) is 12.5. The second kappa shape index (κ2) is 6.91. The molecule has 96 valence electrons. The van der Waals surface area contributed by atoms with Gasteiger partial charge in [-0.3, -0.25) is 0 Å². The number of halogens is 1. The molecular formula is C12H20BrN3O. The largest absolute Gasteiger partial charge is 0.378 e. The first-order chi connectivity index (χ1) is 8.18. The highest BCUT2D eigenvalue weighted by atomic mass is 79.9. The molecule has 0 spiro atoms. The van der Waals surface area contributed by atoms with Crippen molar-refractivity contribution in [1.82, 2.24) is 9.97 Å². The van der Waals surface area contributed by atoms with Gasteiger partial charge in [0.1, 0.15) is 0 Å². The molecule has 1 fully saturated rings. The summed E-state index contributed by atoms with van der Waals surface area (Å²) in [4.78, 5) is 11.1. The molecule has 1 aromatic heterocycles. The van der Waals surface area contributed by atoms with E-state index >= 15 is 0 Å². The summed E-state index contributed by atoms with van der Waals surface area (Å²) in [5, 5.41) is 0. The molecule has 0 amide bonds. The zero-order chi connectivity index (χ0) is 12.8. The van der Waals surface area contributed by atoms with E-state index in [1.165, 1.54) is 0 Å². The van der Waals surface area contributed by atoms with E-state index in [0.717, 1.165) is 48.1 Å². The Morgan fingerprint density at radius 3 is 2.00 bits per heavy atom. The van der Waals surface area contributed by atoms with Gasteiger partial charge in [-0.2, -0.15) is 0 Å². The van der Waals surface area contributed by atoms with Gasteiger partial charge in [0.2, 0.25) is 5.95 Å². The van der Waals surface area contributed by atoms with Crippen LogP contribution in [0.5, 0.6) is 0 Å². The Balaban J connectivity index is 0.000000686. The van der Waals surface area contributed by atoms with Gasteiger partial charge < -0.3 is 9.64 Å². The Labute approximate surface area is 112 Å². The Morgan fingerprint density at radius 1 is 1.06 bits per heavy atom. The van der Waals surface area contributed by atoms with Crippen molar-refractivity contribution in [2.24, 2.45) is 0 Å². The van der Waals surface area contributed by atoms with E-state index in [1.807, 2.05) is 27.7 Å². The van der Waals surface area contributed by atoms with E-state index < -0.39 is 0 Å².